The summed E-state index contributed by atoms with van der Waals surface area (Å²) < 4.78 is 0. The Hall–Kier alpha value is -1.08. The van der Waals surface area contributed by atoms with Crippen molar-refractivity contribution in [3.05, 3.63) is 48.5 Å². The molecule has 0 saturated carbocycles. The van der Waals surface area contributed by atoms with Crippen molar-refractivity contribution in [2.24, 2.45) is 0 Å². The summed E-state index contributed by atoms with van der Waals surface area (Å²) in [7, 11) is 0. The smallest absolute Gasteiger partial charge is 0.216 e. The van der Waals surface area contributed by atoms with Crippen LogP contribution < -0.4 is 53.6 Å². The van der Waals surface area contributed by atoms with Crippen LogP contribution in [0.25, 0.3) is 0 Å². The molecule has 2 atom stereocenters. The van der Waals surface area contributed by atoms with Crippen LogP contribution in [-0.4, -0.2) is 32.1 Å². The van der Waals surface area contributed by atoms with Gasteiger partial charge in [-0.1, -0.05) is 24.3 Å². The maximum atomic E-state index is 2.53. The molecule has 2 aromatic rings. The summed E-state index contributed by atoms with van der Waals surface area (Å²) >= 11 is 0. The number of hydrogen-bond acceptors (Lipinski definition) is 2. The Morgan fingerprint density at radius 2 is 1.07 bits per heavy atom. The molecule has 4 nitrogen and oxygen atoms in total. The Balaban J connectivity index is 0.00000131. The lowest BCUT2D eigenvalue weighted by Crippen LogP contribution is -3.27. The molecule has 2 N–H and O–H groups in total. The van der Waals surface area contributed by atoms with E-state index in [1.807, 2.05) is 0 Å². The minimum atomic E-state index is 0. The lowest BCUT2D eigenvalue weighted by Gasteiger charge is -2.24. The van der Waals surface area contributed by atoms with Crippen LogP contribution in [0.5, 0.6) is 0 Å². The Labute approximate surface area is 184 Å². The van der Waals surface area contributed by atoms with Gasteiger partial charge in [0.25, 0.3) is 0 Å². The molecule has 148 valence electrons. The fraction of sp³-hybridized carbons (Fsp3) is 0.429. The lowest BCUT2D eigenvalue weighted by molar-refractivity contribution is -1.02. The Bertz CT molecular complexity index is 702. The highest BCUT2D eigenvalue weighted by Crippen LogP contribution is 2.29. The van der Waals surface area contributed by atoms with Gasteiger partial charge in [-0.05, 0) is 39.8 Å². The largest absolute Gasteiger partial charge is 1.00 e. The molecule has 0 saturated heterocycles. The van der Waals surface area contributed by atoms with Crippen molar-refractivity contribution in [3.8, 4) is 0 Å². The summed E-state index contributed by atoms with van der Waals surface area (Å²) in [6.07, 6.45) is 0. The van der Waals surface area contributed by atoms with Crippen molar-refractivity contribution in [1.29, 1.82) is 0 Å². The zero-order chi connectivity index (χ0) is 17.6. The van der Waals surface area contributed by atoms with E-state index in [2.05, 4.69) is 86.0 Å². The van der Waals surface area contributed by atoms with Crippen molar-refractivity contribution >= 4 is 22.7 Å². The molecule has 6 heteroatoms. The second-order valence-electron chi connectivity index (χ2n) is 7.86. The van der Waals surface area contributed by atoms with E-state index < -0.39 is 0 Å². The van der Waals surface area contributed by atoms with E-state index in [9.17, 15) is 0 Å². The van der Waals surface area contributed by atoms with Crippen LogP contribution in [0.1, 0.15) is 27.7 Å². The first-order valence-corrected chi connectivity index (χ1v) is 9.47. The molecule has 0 radical (unpaired) electrons. The fourth-order valence-electron chi connectivity index (χ4n) is 4.28. The highest BCUT2D eigenvalue weighted by molar-refractivity contribution is 5.66. The topological polar surface area (TPSA) is 15.4 Å². The Kier molecular flexibility index (Phi) is 7.36. The number of nitrogens with zero attached hydrogens (tertiary/aromatic N) is 2. The van der Waals surface area contributed by atoms with E-state index in [4.69, 9.17) is 0 Å². The molecule has 2 heterocycles. The van der Waals surface area contributed by atoms with Crippen LogP contribution in [0.4, 0.5) is 22.7 Å². The normalized spacial score (nSPS) is 20.4. The summed E-state index contributed by atoms with van der Waals surface area (Å²) in [5.74, 6) is 0. The second-order valence-corrected chi connectivity index (χ2v) is 7.86. The highest BCUT2D eigenvalue weighted by Gasteiger charge is 2.39. The second kappa shape index (κ2) is 8.95. The number of para-hydroxylation sites is 4. The molecule has 0 aromatic heterocycles. The summed E-state index contributed by atoms with van der Waals surface area (Å²) in [4.78, 5) is 8.21. The van der Waals surface area contributed by atoms with E-state index in [0.29, 0.717) is 12.1 Å². The van der Waals surface area contributed by atoms with Gasteiger partial charge in [0.2, 0.25) is 6.67 Å². The van der Waals surface area contributed by atoms with Crippen LogP contribution in [0.15, 0.2) is 48.5 Å². The van der Waals surface area contributed by atoms with Gasteiger partial charge in [0.1, 0.15) is 11.4 Å². The maximum absolute atomic E-state index is 2.53. The van der Waals surface area contributed by atoms with Gasteiger partial charge in [-0.3, -0.25) is 0 Å². The van der Waals surface area contributed by atoms with Crippen LogP contribution in [0.2, 0.25) is 0 Å². The molecule has 2 aliphatic rings. The van der Waals surface area contributed by atoms with Crippen molar-refractivity contribution < 1.29 is 43.8 Å². The minimum absolute atomic E-state index is 0. The quantitative estimate of drug-likeness (QED) is 0.445. The fourth-order valence-corrected chi connectivity index (χ4v) is 4.28. The van der Waals surface area contributed by atoms with E-state index in [-0.39, 0.29) is 34.0 Å². The Morgan fingerprint density at radius 3 is 1.44 bits per heavy atom. The Morgan fingerprint density at radius 1 is 0.704 bits per heavy atom. The number of fused-ring (bicyclic) bond motifs is 2. The predicted molar refractivity (Wildman–Crippen MR) is 104 cm³/mol. The monoisotopic (exact) mass is 496 g/mol. The van der Waals surface area contributed by atoms with Crippen molar-refractivity contribution in [3.63, 3.8) is 0 Å². The predicted octanol–water partition coefficient (Wildman–Crippen LogP) is -4.24. The minimum Gasteiger partial charge on any atom is -1.00 e. The molecule has 0 bridgehead atoms. The molecular formula is C21H30Br2N4. The summed E-state index contributed by atoms with van der Waals surface area (Å²) in [6, 6.07) is 18.9. The van der Waals surface area contributed by atoms with Gasteiger partial charge in [0.05, 0.1) is 0 Å². The number of nitrogens with one attached hydrogen (secondary N) is 2. The van der Waals surface area contributed by atoms with Crippen LogP contribution in [0, 0.1) is 0 Å². The number of halogens is 2. The maximum Gasteiger partial charge on any atom is 0.216 e. The van der Waals surface area contributed by atoms with Gasteiger partial charge < -0.3 is 43.8 Å². The molecule has 27 heavy (non-hydrogen) atoms. The molecular weight excluding hydrogens is 468 g/mol. The SMILES string of the molecule is CC(C)N1C[NH+](C[NH+]2CN(C(C)C)c3ccccc32)c2ccccc21.[Br-].[Br-]. The van der Waals surface area contributed by atoms with Gasteiger partial charge in [-0.15, -0.1) is 0 Å². The third-order valence-corrected chi connectivity index (χ3v) is 5.58. The van der Waals surface area contributed by atoms with E-state index >= 15 is 0 Å². The van der Waals surface area contributed by atoms with Gasteiger partial charge in [0, 0.05) is 24.2 Å². The molecule has 2 unspecified atom stereocenters. The third kappa shape index (κ3) is 4.04. The van der Waals surface area contributed by atoms with Gasteiger partial charge in [-0.2, -0.15) is 0 Å². The number of benzene rings is 2. The molecule has 4 rings (SSSR count). The molecule has 0 fully saturated rings. The number of anilines is 2. The van der Waals surface area contributed by atoms with Crippen molar-refractivity contribution in [1.82, 2.24) is 0 Å². The zero-order valence-corrected chi connectivity index (χ0v) is 19.7. The first kappa shape index (κ1) is 22.2. The standard InChI is InChI=1S/C21H28N4.2BrH/c1-16(2)24-14-22(18-9-5-7-11-20(18)24)13-23-15-25(17(3)4)21-12-8-6-10-19(21)23;;/h5-12,16-17H,13-15H2,1-4H3;2*1H. The van der Waals surface area contributed by atoms with Crippen LogP contribution >= 0.6 is 0 Å². The third-order valence-electron chi connectivity index (χ3n) is 5.58. The first-order chi connectivity index (χ1) is 12.1. The van der Waals surface area contributed by atoms with Crippen molar-refractivity contribution in [2.45, 2.75) is 39.8 Å². The average molecular weight is 498 g/mol. The van der Waals surface area contributed by atoms with Gasteiger partial charge in [-0.25, -0.2) is 9.80 Å². The average Bonchev–Trinajstić information content (AvgIpc) is 3.15. The number of hydrogen-bond donors (Lipinski definition) is 2. The molecule has 2 aliphatic heterocycles. The summed E-state index contributed by atoms with van der Waals surface area (Å²) in [5.41, 5.74) is 5.70. The van der Waals surface area contributed by atoms with E-state index in [0.717, 1.165) is 20.0 Å². The highest BCUT2D eigenvalue weighted by atomic mass is 79.9. The van der Waals surface area contributed by atoms with Gasteiger partial charge >= 0.3 is 0 Å². The van der Waals surface area contributed by atoms with Crippen LogP contribution in [-0.2, 0) is 0 Å². The zero-order valence-electron chi connectivity index (χ0n) is 16.5. The van der Waals surface area contributed by atoms with Crippen LogP contribution in [0.3, 0.4) is 0 Å². The summed E-state index contributed by atoms with van der Waals surface area (Å²) in [6.45, 7) is 12.4. The molecule has 0 spiro atoms. The first-order valence-electron chi connectivity index (χ1n) is 9.47. The lowest BCUT2D eigenvalue weighted by atomic mass is 10.2. The van der Waals surface area contributed by atoms with Crippen molar-refractivity contribution in [2.75, 3.05) is 29.8 Å². The number of rotatable bonds is 4. The van der Waals surface area contributed by atoms with E-state index in [1.165, 1.54) is 22.7 Å². The van der Waals surface area contributed by atoms with E-state index in [1.54, 1.807) is 9.80 Å². The molecule has 0 amide bonds. The molecule has 0 aliphatic carbocycles. The summed E-state index contributed by atoms with van der Waals surface area (Å²) in [5, 5.41) is 0. The molecule has 2 aromatic carbocycles. The van der Waals surface area contributed by atoms with Gasteiger partial charge in [0.15, 0.2) is 24.7 Å². The number of quaternary nitrogens is 2.